The second kappa shape index (κ2) is 5.83. The fraction of sp³-hybridized carbons (Fsp3) is 0.0714. The topological polar surface area (TPSA) is 99.5 Å². The van der Waals surface area contributed by atoms with E-state index >= 15 is 0 Å². The zero-order chi connectivity index (χ0) is 14.5. The van der Waals surface area contributed by atoms with Gasteiger partial charge in [0.2, 0.25) is 0 Å². The predicted molar refractivity (Wildman–Crippen MR) is 70.5 cm³/mol. The number of nitrogens with zero attached hydrogens (tertiary/aromatic N) is 1. The molecule has 0 radical (unpaired) electrons. The van der Waals surface area contributed by atoms with Crippen LogP contribution in [0, 0.1) is 0 Å². The highest BCUT2D eigenvalue weighted by molar-refractivity contribution is 6.03. The number of aromatic hydroxyl groups is 1. The normalized spacial score (nSPS) is 10.0. The van der Waals surface area contributed by atoms with Crippen LogP contribution in [-0.2, 0) is 6.54 Å². The first-order chi connectivity index (χ1) is 9.59. The number of aromatic carboxylic acids is 1. The number of aromatic nitrogens is 1. The molecule has 1 aromatic carbocycles. The maximum atomic E-state index is 11.9. The van der Waals surface area contributed by atoms with Crippen LogP contribution in [0.1, 0.15) is 26.4 Å². The van der Waals surface area contributed by atoms with Gasteiger partial charge in [-0.25, -0.2) is 4.79 Å². The number of rotatable bonds is 4. The summed E-state index contributed by atoms with van der Waals surface area (Å²) >= 11 is 0. The van der Waals surface area contributed by atoms with Crippen LogP contribution < -0.4 is 5.32 Å². The first-order valence-electron chi connectivity index (χ1n) is 5.83. The van der Waals surface area contributed by atoms with Crippen LogP contribution in [-0.4, -0.2) is 27.1 Å². The first kappa shape index (κ1) is 13.5. The number of nitrogens with one attached hydrogen (secondary N) is 1. The molecule has 0 bridgehead atoms. The molecule has 2 aromatic rings. The Kier molecular flexibility index (Phi) is 3.95. The van der Waals surface area contributed by atoms with Gasteiger partial charge in [0.25, 0.3) is 5.91 Å². The number of hydrogen-bond donors (Lipinski definition) is 3. The van der Waals surface area contributed by atoms with Crippen molar-refractivity contribution in [2.75, 3.05) is 0 Å². The number of benzene rings is 1. The van der Waals surface area contributed by atoms with Crippen molar-refractivity contribution in [2.24, 2.45) is 0 Å². The van der Waals surface area contributed by atoms with E-state index in [1.54, 1.807) is 18.2 Å². The largest absolute Gasteiger partial charge is 0.508 e. The van der Waals surface area contributed by atoms with Crippen LogP contribution in [0.4, 0.5) is 0 Å². The van der Waals surface area contributed by atoms with Crippen LogP contribution in [0.3, 0.4) is 0 Å². The molecule has 2 rings (SSSR count). The molecule has 0 fully saturated rings. The van der Waals surface area contributed by atoms with Gasteiger partial charge in [-0.3, -0.25) is 9.78 Å². The van der Waals surface area contributed by atoms with Crippen molar-refractivity contribution in [3.63, 3.8) is 0 Å². The Morgan fingerprint density at radius 2 is 1.90 bits per heavy atom. The number of carboxylic acid groups (broad SMARTS) is 1. The van der Waals surface area contributed by atoms with E-state index in [-0.39, 0.29) is 23.6 Å². The summed E-state index contributed by atoms with van der Waals surface area (Å²) in [6, 6.07) is 9.32. The highest BCUT2D eigenvalue weighted by Gasteiger charge is 2.17. The Bertz CT molecular complexity index is 655. The first-order valence-corrected chi connectivity index (χ1v) is 5.83. The fourth-order valence-corrected chi connectivity index (χ4v) is 1.68. The minimum Gasteiger partial charge on any atom is -0.508 e. The number of phenols is 1. The third kappa shape index (κ3) is 2.92. The number of para-hydroxylation sites is 1. The molecule has 0 atom stereocenters. The van der Waals surface area contributed by atoms with Gasteiger partial charge in [-0.1, -0.05) is 18.2 Å². The zero-order valence-electron chi connectivity index (χ0n) is 10.4. The summed E-state index contributed by atoms with van der Waals surface area (Å²) in [6.45, 7) is 0.0845. The number of phenolic OH excluding ortho intramolecular Hbond substituents is 1. The Morgan fingerprint density at radius 1 is 1.15 bits per heavy atom. The van der Waals surface area contributed by atoms with Gasteiger partial charge in [0.05, 0.1) is 5.56 Å². The summed E-state index contributed by atoms with van der Waals surface area (Å²) in [4.78, 5) is 26.7. The van der Waals surface area contributed by atoms with Crippen molar-refractivity contribution in [3.8, 4) is 5.75 Å². The van der Waals surface area contributed by atoms with Gasteiger partial charge in [0.15, 0.2) is 0 Å². The molecule has 1 amide bonds. The number of amides is 1. The van der Waals surface area contributed by atoms with E-state index in [1.807, 2.05) is 0 Å². The maximum absolute atomic E-state index is 11.9. The summed E-state index contributed by atoms with van der Waals surface area (Å²) < 4.78 is 0. The van der Waals surface area contributed by atoms with E-state index in [4.69, 9.17) is 5.11 Å². The number of carboxylic acids is 1. The SMILES string of the molecule is O=C(O)c1cccnc1C(=O)NCc1ccccc1O. The molecule has 0 saturated carbocycles. The molecule has 20 heavy (non-hydrogen) atoms. The summed E-state index contributed by atoms with van der Waals surface area (Å²) in [5.41, 5.74) is 0.214. The van der Waals surface area contributed by atoms with Crippen molar-refractivity contribution in [2.45, 2.75) is 6.54 Å². The van der Waals surface area contributed by atoms with Gasteiger partial charge in [-0.05, 0) is 18.2 Å². The van der Waals surface area contributed by atoms with Crippen molar-refractivity contribution in [1.29, 1.82) is 0 Å². The molecular formula is C14H12N2O4. The number of carbonyl (C=O) groups is 2. The second-order valence-electron chi connectivity index (χ2n) is 4.02. The molecule has 0 saturated heterocycles. The van der Waals surface area contributed by atoms with E-state index < -0.39 is 11.9 Å². The van der Waals surface area contributed by atoms with Crippen molar-refractivity contribution in [1.82, 2.24) is 10.3 Å². The minimum atomic E-state index is -1.22. The molecular weight excluding hydrogens is 260 g/mol. The molecule has 0 unspecified atom stereocenters. The molecule has 3 N–H and O–H groups in total. The van der Waals surface area contributed by atoms with E-state index in [9.17, 15) is 14.7 Å². The van der Waals surface area contributed by atoms with Gasteiger partial charge in [-0.15, -0.1) is 0 Å². The van der Waals surface area contributed by atoms with Crippen LogP contribution in [0.25, 0.3) is 0 Å². The molecule has 0 spiro atoms. The standard InChI is InChI=1S/C14H12N2O4/c17-11-6-2-1-4-9(11)8-16-13(18)12-10(14(19)20)5-3-7-15-12/h1-7,17H,8H2,(H,16,18)(H,19,20). The molecule has 0 aliphatic carbocycles. The van der Waals surface area contributed by atoms with E-state index in [2.05, 4.69) is 10.3 Å². The lowest BCUT2D eigenvalue weighted by Gasteiger charge is -2.08. The van der Waals surface area contributed by atoms with Crippen LogP contribution >= 0.6 is 0 Å². The number of carbonyl (C=O) groups excluding carboxylic acids is 1. The molecule has 6 heteroatoms. The molecule has 0 aliphatic heterocycles. The van der Waals surface area contributed by atoms with E-state index in [0.29, 0.717) is 5.56 Å². The van der Waals surface area contributed by atoms with Gasteiger partial charge in [0.1, 0.15) is 11.4 Å². The average Bonchev–Trinajstić information content (AvgIpc) is 2.46. The maximum Gasteiger partial charge on any atom is 0.338 e. The van der Waals surface area contributed by atoms with Crippen molar-refractivity contribution >= 4 is 11.9 Å². The van der Waals surface area contributed by atoms with Crippen LogP contribution in [0.15, 0.2) is 42.6 Å². The fourth-order valence-electron chi connectivity index (χ4n) is 1.68. The van der Waals surface area contributed by atoms with Gasteiger partial charge >= 0.3 is 5.97 Å². The highest BCUT2D eigenvalue weighted by Crippen LogP contribution is 2.15. The van der Waals surface area contributed by atoms with Crippen LogP contribution in [0.2, 0.25) is 0 Å². The molecule has 1 aromatic heterocycles. The zero-order valence-corrected chi connectivity index (χ0v) is 10.4. The van der Waals surface area contributed by atoms with Gasteiger partial charge in [0, 0.05) is 18.3 Å². The van der Waals surface area contributed by atoms with Gasteiger partial charge < -0.3 is 15.5 Å². The monoisotopic (exact) mass is 272 g/mol. The Labute approximate surface area is 114 Å². The smallest absolute Gasteiger partial charge is 0.338 e. The quantitative estimate of drug-likeness (QED) is 0.781. The van der Waals surface area contributed by atoms with E-state index in [1.165, 1.54) is 24.4 Å². The second-order valence-corrected chi connectivity index (χ2v) is 4.02. The number of hydrogen-bond acceptors (Lipinski definition) is 4. The Balaban J connectivity index is 2.14. The third-order valence-corrected chi connectivity index (χ3v) is 2.68. The van der Waals surface area contributed by atoms with Gasteiger partial charge in [-0.2, -0.15) is 0 Å². The third-order valence-electron chi connectivity index (χ3n) is 2.68. The lowest BCUT2D eigenvalue weighted by molar-refractivity contribution is 0.0690. The highest BCUT2D eigenvalue weighted by atomic mass is 16.4. The molecule has 6 nitrogen and oxygen atoms in total. The predicted octanol–water partition coefficient (Wildman–Crippen LogP) is 1.42. The molecule has 0 aliphatic rings. The summed E-state index contributed by atoms with van der Waals surface area (Å²) in [5.74, 6) is -1.76. The van der Waals surface area contributed by atoms with E-state index in [0.717, 1.165) is 0 Å². The Hall–Kier alpha value is -2.89. The lowest BCUT2D eigenvalue weighted by Crippen LogP contribution is -2.26. The molecule has 102 valence electrons. The van der Waals surface area contributed by atoms with Crippen LogP contribution in [0.5, 0.6) is 5.75 Å². The molecule has 1 heterocycles. The summed E-state index contributed by atoms with van der Waals surface area (Å²) in [7, 11) is 0. The Morgan fingerprint density at radius 3 is 2.60 bits per heavy atom. The average molecular weight is 272 g/mol. The van der Waals surface area contributed by atoms with Crippen molar-refractivity contribution < 1.29 is 19.8 Å². The summed E-state index contributed by atoms with van der Waals surface area (Å²) in [6.07, 6.45) is 1.35. The summed E-state index contributed by atoms with van der Waals surface area (Å²) in [5, 5.41) is 21.1. The lowest BCUT2D eigenvalue weighted by atomic mass is 10.1. The number of pyridine rings is 1. The van der Waals surface area contributed by atoms with Crippen molar-refractivity contribution in [3.05, 3.63) is 59.4 Å². The minimum absolute atomic E-state index is 0.0623.